The van der Waals surface area contributed by atoms with Crippen molar-refractivity contribution < 1.29 is 4.79 Å². The first-order valence-corrected chi connectivity index (χ1v) is 4.93. The molecule has 0 N–H and O–H groups in total. The Morgan fingerprint density at radius 1 is 1.40 bits per heavy atom. The molecular formula is C10H6Cl2N2O. The van der Waals surface area contributed by atoms with Gasteiger partial charge in [0.15, 0.2) is 0 Å². The van der Waals surface area contributed by atoms with Crippen LogP contribution in [-0.2, 0) is 0 Å². The van der Waals surface area contributed by atoms with Gasteiger partial charge in [0.1, 0.15) is 0 Å². The van der Waals surface area contributed by atoms with Gasteiger partial charge >= 0.3 is 0 Å². The van der Waals surface area contributed by atoms with Gasteiger partial charge in [0.2, 0.25) is 0 Å². The van der Waals surface area contributed by atoms with Crippen LogP contribution >= 0.6 is 23.2 Å². The molecule has 1 heterocycles. The predicted octanol–water partition coefficient (Wildman–Crippen LogP) is 2.90. The molecule has 0 amide bonds. The van der Waals surface area contributed by atoms with Crippen molar-refractivity contribution in [3.63, 3.8) is 0 Å². The van der Waals surface area contributed by atoms with Crippen LogP contribution in [0.15, 0.2) is 36.7 Å². The van der Waals surface area contributed by atoms with Crippen LogP contribution < -0.4 is 0 Å². The van der Waals surface area contributed by atoms with Crippen LogP contribution in [0.5, 0.6) is 0 Å². The summed E-state index contributed by atoms with van der Waals surface area (Å²) in [6.45, 7) is 0. The third kappa shape index (κ3) is 2.03. The summed E-state index contributed by atoms with van der Waals surface area (Å²) in [5.74, 6) is 0. The molecule has 3 nitrogen and oxygen atoms in total. The number of nitrogens with zero attached hydrogens (tertiary/aromatic N) is 2. The van der Waals surface area contributed by atoms with Crippen LogP contribution in [0.3, 0.4) is 0 Å². The van der Waals surface area contributed by atoms with Gasteiger partial charge in [-0.2, -0.15) is 5.10 Å². The molecule has 2 rings (SSSR count). The topological polar surface area (TPSA) is 34.9 Å². The smallest absolute Gasteiger partial charge is 0.253 e. The summed E-state index contributed by atoms with van der Waals surface area (Å²) in [5, 5.41) is 3.80. The fourth-order valence-electron chi connectivity index (χ4n) is 1.23. The number of benzene rings is 1. The average molecular weight is 241 g/mol. The molecule has 0 unspecified atom stereocenters. The van der Waals surface area contributed by atoms with E-state index in [0.717, 1.165) is 5.69 Å². The van der Waals surface area contributed by atoms with Gasteiger partial charge in [-0.3, -0.25) is 4.79 Å². The third-order valence-corrected chi connectivity index (χ3v) is 2.45. The quantitative estimate of drug-likeness (QED) is 0.757. The molecule has 2 aromatic rings. The number of carbonyl (C=O) groups is 1. The molecule has 0 aliphatic rings. The summed E-state index contributed by atoms with van der Waals surface area (Å²) in [4.78, 5) is 10.9. The van der Waals surface area contributed by atoms with E-state index in [1.54, 1.807) is 41.3 Å². The second-order valence-corrected chi connectivity index (χ2v) is 3.64. The van der Waals surface area contributed by atoms with Crippen molar-refractivity contribution in [2.75, 3.05) is 0 Å². The first-order chi connectivity index (χ1) is 7.18. The van der Waals surface area contributed by atoms with E-state index in [2.05, 4.69) is 5.10 Å². The van der Waals surface area contributed by atoms with Crippen LogP contribution in [0.4, 0.5) is 0 Å². The van der Waals surface area contributed by atoms with Crippen molar-refractivity contribution in [3.8, 4) is 5.69 Å². The van der Waals surface area contributed by atoms with E-state index in [4.69, 9.17) is 23.2 Å². The zero-order chi connectivity index (χ0) is 10.8. The van der Waals surface area contributed by atoms with Gasteiger partial charge in [-0.25, -0.2) is 4.68 Å². The lowest BCUT2D eigenvalue weighted by molar-refractivity contribution is 0.108. The van der Waals surface area contributed by atoms with Crippen LogP contribution in [0.2, 0.25) is 5.02 Å². The number of halogens is 2. The summed E-state index contributed by atoms with van der Waals surface area (Å²) in [6, 6.07) is 6.75. The van der Waals surface area contributed by atoms with Gasteiger partial charge in [-0.15, -0.1) is 0 Å². The van der Waals surface area contributed by atoms with E-state index in [-0.39, 0.29) is 0 Å². The molecule has 0 saturated carbocycles. The molecule has 0 atom stereocenters. The first kappa shape index (κ1) is 10.2. The molecule has 0 aliphatic heterocycles. The molecule has 5 heteroatoms. The van der Waals surface area contributed by atoms with Gasteiger partial charge in [0.25, 0.3) is 5.24 Å². The Kier molecular flexibility index (Phi) is 2.75. The molecule has 0 saturated heterocycles. The summed E-state index contributed by atoms with van der Waals surface area (Å²) in [5.41, 5.74) is 1.08. The van der Waals surface area contributed by atoms with Gasteiger partial charge < -0.3 is 0 Å². The Morgan fingerprint density at radius 2 is 2.20 bits per heavy atom. The van der Waals surface area contributed by atoms with E-state index in [1.165, 1.54) is 0 Å². The Hall–Kier alpha value is -1.32. The van der Waals surface area contributed by atoms with E-state index in [0.29, 0.717) is 10.6 Å². The highest BCUT2D eigenvalue weighted by Crippen LogP contribution is 2.21. The summed E-state index contributed by atoms with van der Waals surface area (Å²) >= 11 is 11.2. The Balaban J connectivity index is 2.47. The minimum absolute atomic E-state index is 0.300. The maximum atomic E-state index is 10.9. The average Bonchev–Trinajstić information content (AvgIpc) is 2.69. The molecule has 0 aliphatic carbocycles. The minimum Gasteiger partial charge on any atom is -0.276 e. The SMILES string of the molecule is O=C(Cl)c1ccc(-n2cccn2)cc1Cl. The molecule has 0 fully saturated rings. The van der Waals surface area contributed by atoms with Crippen molar-refractivity contribution in [2.24, 2.45) is 0 Å². The minimum atomic E-state index is -0.563. The van der Waals surface area contributed by atoms with Crippen molar-refractivity contribution in [1.29, 1.82) is 0 Å². The van der Waals surface area contributed by atoms with E-state index >= 15 is 0 Å². The monoisotopic (exact) mass is 240 g/mol. The number of aromatic nitrogens is 2. The van der Waals surface area contributed by atoms with Crippen LogP contribution in [0.25, 0.3) is 5.69 Å². The lowest BCUT2D eigenvalue weighted by atomic mass is 10.2. The molecule has 0 radical (unpaired) electrons. The number of hydrogen-bond donors (Lipinski definition) is 0. The molecule has 0 spiro atoms. The van der Waals surface area contributed by atoms with Gasteiger partial charge in [0, 0.05) is 12.4 Å². The zero-order valence-electron chi connectivity index (χ0n) is 7.52. The summed E-state index contributed by atoms with van der Waals surface area (Å²) < 4.78 is 1.65. The second kappa shape index (κ2) is 4.04. The Morgan fingerprint density at radius 3 is 2.73 bits per heavy atom. The van der Waals surface area contributed by atoms with Gasteiger partial charge in [0.05, 0.1) is 16.3 Å². The lowest BCUT2D eigenvalue weighted by Gasteiger charge is -2.03. The number of carbonyl (C=O) groups excluding carboxylic acids is 1. The van der Waals surface area contributed by atoms with Crippen molar-refractivity contribution in [2.45, 2.75) is 0 Å². The van der Waals surface area contributed by atoms with Crippen LogP contribution in [0, 0.1) is 0 Å². The molecule has 15 heavy (non-hydrogen) atoms. The second-order valence-electron chi connectivity index (χ2n) is 2.89. The molecule has 1 aromatic heterocycles. The maximum Gasteiger partial charge on any atom is 0.253 e. The van der Waals surface area contributed by atoms with E-state index in [9.17, 15) is 4.79 Å². The van der Waals surface area contributed by atoms with Crippen molar-refractivity contribution in [1.82, 2.24) is 9.78 Å². The zero-order valence-corrected chi connectivity index (χ0v) is 9.03. The highest BCUT2D eigenvalue weighted by Gasteiger charge is 2.08. The van der Waals surface area contributed by atoms with Gasteiger partial charge in [-0.1, -0.05) is 11.6 Å². The van der Waals surface area contributed by atoms with Crippen molar-refractivity contribution >= 4 is 28.4 Å². The largest absolute Gasteiger partial charge is 0.276 e. The van der Waals surface area contributed by atoms with Crippen LogP contribution in [-0.4, -0.2) is 15.0 Å². The molecule has 1 aromatic carbocycles. The predicted molar refractivity (Wildman–Crippen MR) is 58.8 cm³/mol. The molecule has 0 bridgehead atoms. The Bertz CT molecular complexity index is 494. The summed E-state index contributed by atoms with van der Waals surface area (Å²) in [6.07, 6.45) is 3.45. The standard InChI is InChI=1S/C10H6Cl2N2O/c11-9-6-7(14-5-1-4-13-14)2-3-8(9)10(12)15/h1-6H. The van der Waals surface area contributed by atoms with Crippen LogP contribution in [0.1, 0.15) is 10.4 Å². The third-order valence-electron chi connectivity index (χ3n) is 1.93. The number of hydrogen-bond acceptors (Lipinski definition) is 2. The highest BCUT2D eigenvalue weighted by molar-refractivity contribution is 6.68. The number of rotatable bonds is 2. The van der Waals surface area contributed by atoms with Crippen molar-refractivity contribution in [3.05, 3.63) is 47.2 Å². The first-order valence-electron chi connectivity index (χ1n) is 4.18. The maximum absolute atomic E-state index is 10.9. The van der Waals surface area contributed by atoms with E-state index in [1.807, 2.05) is 0 Å². The summed E-state index contributed by atoms with van der Waals surface area (Å²) in [7, 11) is 0. The fourth-order valence-corrected chi connectivity index (χ4v) is 1.70. The normalized spacial score (nSPS) is 10.3. The van der Waals surface area contributed by atoms with Gasteiger partial charge in [-0.05, 0) is 35.9 Å². The Labute approximate surface area is 96.2 Å². The molecule has 76 valence electrons. The fraction of sp³-hybridized carbons (Fsp3) is 0. The molecular weight excluding hydrogens is 235 g/mol. The highest BCUT2D eigenvalue weighted by atomic mass is 35.5. The van der Waals surface area contributed by atoms with E-state index < -0.39 is 5.24 Å². The lowest BCUT2D eigenvalue weighted by Crippen LogP contribution is -1.96.